The van der Waals surface area contributed by atoms with E-state index in [1.807, 2.05) is 12.1 Å². The van der Waals surface area contributed by atoms with E-state index in [1.54, 1.807) is 12.1 Å². The summed E-state index contributed by atoms with van der Waals surface area (Å²) in [7, 11) is 0. The van der Waals surface area contributed by atoms with Crippen LogP contribution in [-0.2, 0) is 6.42 Å². The Hall–Kier alpha value is -0.510. The Morgan fingerprint density at radius 2 is 2.27 bits per heavy atom. The topological polar surface area (TPSA) is 20.2 Å². The van der Waals surface area contributed by atoms with Gasteiger partial charge >= 0.3 is 0 Å². The van der Waals surface area contributed by atoms with Crippen molar-refractivity contribution in [3.63, 3.8) is 0 Å². The van der Waals surface area contributed by atoms with E-state index < -0.39 is 0 Å². The molecular weight excluding hydrogens is 251 g/mol. The molecule has 0 spiro atoms. The molecule has 11 heavy (non-hydrogen) atoms. The summed E-state index contributed by atoms with van der Waals surface area (Å²) in [6, 6.07) is 5.54. The molecule has 0 atom stereocenters. The lowest BCUT2D eigenvalue weighted by Crippen LogP contribution is -1.82. The molecule has 0 aliphatic carbocycles. The van der Waals surface area contributed by atoms with Crippen molar-refractivity contribution in [2.45, 2.75) is 6.42 Å². The van der Waals surface area contributed by atoms with Gasteiger partial charge in [-0.1, -0.05) is 6.08 Å². The third kappa shape index (κ3) is 2.22. The quantitative estimate of drug-likeness (QED) is 0.640. The Balaban J connectivity index is 3.01. The van der Waals surface area contributed by atoms with Crippen molar-refractivity contribution in [2.24, 2.45) is 0 Å². The van der Waals surface area contributed by atoms with Gasteiger partial charge in [-0.25, -0.2) is 0 Å². The van der Waals surface area contributed by atoms with Crippen molar-refractivity contribution >= 4 is 22.6 Å². The summed E-state index contributed by atoms with van der Waals surface area (Å²) in [5.41, 5.74) is 0.937. The lowest BCUT2D eigenvalue weighted by molar-refractivity contribution is 0.469. The lowest BCUT2D eigenvalue weighted by atomic mass is 10.1. The zero-order valence-corrected chi connectivity index (χ0v) is 8.21. The van der Waals surface area contributed by atoms with E-state index in [9.17, 15) is 5.11 Å². The van der Waals surface area contributed by atoms with Gasteiger partial charge in [-0.2, -0.15) is 0 Å². The molecule has 0 aliphatic rings. The van der Waals surface area contributed by atoms with Gasteiger partial charge in [-0.15, -0.1) is 6.58 Å². The molecular formula is C9H9IO. The molecule has 1 nitrogen and oxygen atoms in total. The molecule has 0 radical (unpaired) electrons. The maximum atomic E-state index is 9.31. The Morgan fingerprint density at radius 3 is 2.91 bits per heavy atom. The number of allylic oxidation sites excluding steroid dienone is 1. The van der Waals surface area contributed by atoms with E-state index in [2.05, 4.69) is 29.2 Å². The number of hydrogen-bond acceptors (Lipinski definition) is 1. The van der Waals surface area contributed by atoms with Crippen LogP contribution >= 0.6 is 22.6 Å². The first-order valence-corrected chi connectivity index (χ1v) is 4.40. The number of rotatable bonds is 2. The minimum atomic E-state index is 0.352. The molecule has 0 saturated heterocycles. The molecule has 0 heterocycles. The second kappa shape index (κ2) is 3.76. The molecule has 2 heteroatoms. The van der Waals surface area contributed by atoms with Crippen LogP contribution in [-0.4, -0.2) is 5.11 Å². The van der Waals surface area contributed by atoms with E-state index in [0.717, 1.165) is 15.6 Å². The predicted octanol–water partition coefficient (Wildman–Crippen LogP) is 2.73. The lowest BCUT2D eigenvalue weighted by Gasteiger charge is -2.00. The second-order valence-electron chi connectivity index (χ2n) is 2.27. The molecule has 1 N–H and O–H groups in total. The maximum absolute atomic E-state index is 9.31. The average Bonchev–Trinajstić information content (AvgIpc) is 1.98. The predicted molar refractivity (Wildman–Crippen MR) is 54.7 cm³/mol. The summed E-state index contributed by atoms with van der Waals surface area (Å²) in [5, 5.41) is 9.31. The number of phenolic OH excluding ortho intramolecular Hbond substituents is 1. The first-order chi connectivity index (χ1) is 5.24. The monoisotopic (exact) mass is 260 g/mol. The van der Waals surface area contributed by atoms with Crippen LogP contribution < -0.4 is 0 Å². The van der Waals surface area contributed by atoms with Crippen LogP contribution in [0.15, 0.2) is 30.9 Å². The van der Waals surface area contributed by atoms with Crippen molar-refractivity contribution in [2.75, 3.05) is 0 Å². The van der Waals surface area contributed by atoms with Crippen molar-refractivity contribution in [3.8, 4) is 5.75 Å². The number of halogens is 1. The van der Waals surface area contributed by atoms with Crippen LogP contribution in [0.2, 0.25) is 0 Å². The van der Waals surface area contributed by atoms with Crippen molar-refractivity contribution in [1.82, 2.24) is 0 Å². The maximum Gasteiger partial charge on any atom is 0.119 e. The van der Waals surface area contributed by atoms with Crippen LogP contribution in [0, 0.1) is 3.57 Å². The normalized spacial score (nSPS) is 9.55. The molecule has 0 aromatic heterocycles. The van der Waals surface area contributed by atoms with E-state index >= 15 is 0 Å². The van der Waals surface area contributed by atoms with Gasteiger partial charge in [0.1, 0.15) is 5.75 Å². The first kappa shape index (κ1) is 8.59. The van der Waals surface area contributed by atoms with Gasteiger partial charge in [0, 0.05) is 3.57 Å². The molecule has 0 bridgehead atoms. The average molecular weight is 260 g/mol. The summed E-state index contributed by atoms with van der Waals surface area (Å²) in [6.07, 6.45) is 2.51. The third-order valence-electron chi connectivity index (χ3n) is 1.41. The summed E-state index contributed by atoms with van der Waals surface area (Å²) in [5.74, 6) is 0.352. The van der Waals surface area contributed by atoms with Crippen LogP contribution in [0.3, 0.4) is 0 Å². The van der Waals surface area contributed by atoms with Gasteiger partial charge in [0.2, 0.25) is 0 Å². The summed E-state index contributed by atoms with van der Waals surface area (Å²) < 4.78 is 1.14. The molecule has 1 aromatic carbocycles. The van der Waals surface area contributed by atoms with Crippen LogP contribution in [0.25, 0.3) is 0 Å². The van der Waals surface area contributed by atoms with Crippen LogP contribution in [0.4, 0.5) is 0 Å². The zero-order chi connectivity index (χ0) is 8.27. The minimum absolute atomic E-state index is 0.352. The standard InChI is InChI=1S/C9H9IO/c1-2-3-7-6-8(10)4-5-9(7)11/h2,4-6,11H,1,3H2. The Labute approximate surface area is 79.9 Å². The van der Waals surface area contributed by atoms with Gasteiger partial charge < -0.3 is 5.11 Å². The zero-order valence-electron chi connectivity index (χ0n) is 6.05. The molecule has 0 amide bonds. The van der Waals surface area contributed by atoms with Gasteiger partial charge in [0.05, 0.1) is 0 Å². The fraction of sp³-hybridized carbons (Fsp3) is 0.111. The number of aromatic hydroxyl groups is 1. The van der Waals surface area contributed by atoms with E-state index in [4.69, 9.17) is 0 Å². The molecule has 58 valence electrons. The fourth-order valence-electron chi connectivity index (χ4n) is 0.873. The summed E-state index contributed by atoms with van der Waals surface area (Å²) >= 11 is 2.22. The Morgan fingerprint density at radius 1 is 1.55 bits per heavy atom. The number of phenols is 1. The largest absolute Gasteiger partial charge is 0.508 e. The van der Waals surface area contributed by atoms with E-state index in [1.165, 1.54) is 0 Å². The van der Waals surface area contributed by atoms with E-state index in [-0.39, 0.29) is 0 Å². The third-order valence-corrected chi connectivity index (χ3v) is 2.08. The Kier molecular flexibility index (Phi) is 2.93. The first-order valence-electron chi connectivity index (χ1n) is 3.32. The highest BCUT2D eigenvalue weighted by Crippen LogP contribution is 2.19. The smallest absolute Gasteiger partial charge is 0.119 e. The number of hydrogen-bond donors (Lipinski definition) is 1. The fourth-order valence-corrected chi connectivity index (χ4v) is 1.43. The SMILES string of the molecule is C=CCc1cc(I)ccc1O. The summed E-state index contributed by atoms with van der Waals surface area (Å²) in [6.45, 7) is 3.61. The minimum Gasteiger partial charge on any atom is -0.508 e. The molecule has 0 aliphatic heterocycles. The van der Waals surface area contributed by atoms with Gasteiger partial charge in [-0.3, -0.25) is 0 Å². The molecule has 1 rings (SSSR count). The highest BCUT2D eigenvalue weighted by atomic mass is 127. The molecule has 0 unspecified atom stereocenters. The highest BCUT2D eigenvalue weighted by molar-refractivity contribution is 14.1. The van der Waals surface area contributed by atoms with Crippen molar-refractivity contribution < 1.29 is 5.11 Å². The van der Waals surface area contributed by atoms with Gasteiger partial charge in [0.15, 0.2) is 0 Å². The summed E-state index contributed by atoms with van der Waals surface area (Å²) in [4.78, 5) is 0. The molecule has 1 aromatic rings. The second-order valence-corrected chi connectivity index (χ2v) is 3.51. The van der Waals surface area contributed by atoms with E-state index in [0.29, 0.717) is 5.75 Å². The number of benzene rings is 1. The van der Waals surface area contributed by atoms with Gasteiger partial charge in [0.25, 0.3) is 0 Å². The molecule has 0 fully saturated rings. The molecule has 0 saturated carbocycles. The Bertz CT molecular complexity index is 268. The highest BCUT2D eigenvalue weighted by Gasteiger charge is 1.98. The van der Waals surface area contributed by atoms with Crippen molar-refractivity contribution in [3.05, 3.63) is 40.0 Å². The van der Waals surface area contributed by atoms with Crippen LogP contribution in [0.1, 0.15) is 5.56 Å². The van der Waals surface area contributed by atoms with Crippen LogP contribution in [0.5, 0.6) is 5.75 Å². The van der Waals surface area contributed by atoms with Gasteiger partial charge in [-0.05, 0) is 52.8 Å². The van der Waals surface area contributed by atoms with Crippen molar-refractivity contribution in [1.29, 1.82) is 0 Å².